The number of ether oxygens (including phenoxy) is 2. The van der Waals surface area contributed by atoms with Crippen LogP contribution in [0.15, 0.2) is 109 Å². The van der Waals surface area contributed by atoms with Crippen LogP contribution in [0.25, 0.3) is 0 Å². The minimum absolute atomic E-state index is 0. The molecular formula is C24H18Cl2O2Zr. The first-order valence-electron chi connectivity index (χ1n) is 8.28. The van der Waals surface area contributed by atoms with Gasteiger partial charge in [0.2, 0.25) is 0 Å². The number of halogens is 2. The maximum Gasteiger partial charge on any atom is 4.00 e. The summed E-state index contributed by atoms with van der Waals surface area (Å²) in [7, 11) is 0. The van der Waals surface area contributed by atoms with E-state index in [-0.39, 0.29) is 51.0 Å². The van der Waals surface area contributed by atoms with E-state index < -0.39 is 0 Å². The molecule has 0 radical (unpaired) electrons. The van der Waals surface area contributed by atoms with Crippen LogP contribution < -0.4 is 34.3 Å². The zero-order valence-corrected chi connectivity index (χ0v) is 19.4. The van der Waals surface area contributed by atoms with Crippen molar-refractivity contribution >= 4 is 0 Å². The molecule has 5 heteroatoms. The molecule has 144 valence electrons. The average molecular weight is 501 g/mol. The summed E-state index contributed by atoms with van der Waals surface area (Å²) in [5.74, 6) is 3.33. The van der Waals surface area contributed by atoms with Crippen molar-refractivity contribution in [3.63, 3.8) is 0 Å². The Bertz CT molecular complexity index is 725. The SMILES string of the molecule is [Cl-].[Cl-].[Zr+4].[c-]1cccc(Oc2ccccc2)c1.[c-]1cccc(Oc2ccccc2)c1. The molecule has 0 aliphatic carbocycles. The van der Waals surface area contributed by atoms with Gasteiger partial charge in [-0.2, -0.15) is 36.4 Å². The maximum atomic E-state index is 5.55. The summed E-state index contributed by atoms with van der Waals surface area (Å²) in [4.78, 5) is 0. The fourth-order valence-electron chi connectivity index (χ4n) is 2.13. The second-order valence-electron chi connectivity index (χ2n) is 5.31. The average Bonchev–Trinajstić information content (AvgIpc) is 2.72. The van der Waals surface area contributed by atoms with Crippen molar-refractivity contribution < 1.29 is 60.5 Å². The summed E-state index contributed by atoms with van der Waals surface area (Å²) in [6.45, 7) is 0. The van der Waals surface area contributed by atoms with Gasteiger partial charge in [-0.05, 0) is 24.3 Å². The van der Waals surface area contributed by atoms with Crippen LogP contribution in [0.2, 0.25) is 0 Å². The molecule has 0 fully saturated rings. The summed E-state index contributed by atoms with van der Waals surface area (Å²) in [6.07, 6.45) is 0. The van der Waals surface area contributed by atoms with Crippen LogP contribution in [0.3, 0.4) is 0 Å². The van der Waals surface area contributed by atoms with Gasteiger partial charge in [0.15, 0.2) is 0 Å². The Morgan fingerprint density at radius 2 is 0.793 bits per heavy atom. The quantitative estimate of drug-likeness (QED) is 0.382. The van der Waals surface area contributed by atoms with Crippen LogP contribution in [0.4, 0.5) is 0 Å². The molecule has 0 saturated heterocycles. The first-order valence-corrected chi connectivity index (χ1v) is 8.28. The predicted octanol–water partition coefficient (Wildman–Crippen LogP) is 0.564. The second kappa shape index (κ2) is 15.8. The summed E-state index contributed by atoms with van der Waals surface area (Å²) in [5, 5.41) is 0. The van der Waals surface area contributed by atoms with Crippen molar-refractivity contribution in [2.45, 2.75) is 0 Å². The van der Waals surface area contributed by atoms with Gasteiger partial charge in [0, 0.05) is 11.5 Å². The van der Waals surface area contributed by atoms with E-state index in [0.717, 1.165) is 23.0 Å². The topological polar surface area (TPSA) is 18.5 Å². The molecule has 0 aliphatic rings. The molecule has 4 aromatic rings. The minimum atomic E-state index is 0. The van der Waals surface area contributed by atoms with Crippen molar-refractivity contribution in [2.75, 3.05) is 0 Å². The molecule has 0 aliphatic heterocycles. The van der Waals surface area contributed by atoms with Gasteiger partial charge in [-0.3, -0.25) is 0 Å². The molecule has 4 rings (SSSR count). The van der Waals surface area contributed by atoms with Crippen LogP contribution in [-0.2, 0) is 26.2 Å². The summed E-state index contributed by atoms with van der Waals surface area (Å²) in [6, 6.07) is 40.2. The summed E-state index contributed by atoms with van der Waals surface area (Å²) in [5.41, 5.74) is 0. The van der Waals surface area contributed by atoms with Gasteiger partial charge >= 0.3 is 26.2 Å². The van der Waals surface area contributed by atoms with Crippen molar-refractivity contribution in [1.82, 2.24) is 0 Å². The Hall–Kier alpha value is -2.06. The zero-order chi connectivity index (χ0) is 17.9. The van der Waals surface area contributed by atoms with Gasteiger partial charge in [0.25, 0.3) is 0 Å². The smallest absolute Gasteiger partial charge is 1.00 e. The molecule has 0 unspecified atom stereocenters. The number of hydrogen-bond acceptors (Lipinski definition) is 2. The molecule has 0 heterocycles. The number of hydrogen-bond donors (Lipinski definition) is 0. The third kappa shape index (κ3) is 10.3. The molecule has 0 atom stereocenters. The molecule has 4 aromatic carbocycles. The molecule has 0 spiro atoms. The molecule has 0 N–H and O–H groups in total. The molecule has 29 heavy (non-hydrogen) atoms. The zero-order valence-electron chi connectivity index (χ0n) is 15.5. The van der Waals surface area contributed by atoms with Gasteiger partial charge in [-0.1, -0.05) is 36.4 Å². The molecule has 0 amide bonds. The van der Waals surface area contributed by atoms with E-state index in [1.54, 1.807) is 0 Å². The first-order chi connectivity index (χ1) is 12.9. The largest absolute Gasteiger partial charge is 4.00 e. The second-order valence-corrected chi connectivity index (χ2v) is 5.31. The van der Waals surface area contributed by atoms with E-state index in [2.05, 4.69) is 12.1 Å². The number of benzene rings is 4. The molecule has 0 saturated carbocycles. The fraction of sp³-hybridized carbons (Fsp3) is 0. The van der Waals surface area contributed by atoms with Gasteiger partial charge < -0.3 is 34.3 Å². The molecule has 2 nitrogen and oxygen atoms in total. The summed E-state index contributed by atoms with van der Waals surface area (Å²) < 4.78 is 11.1. The Labute approximate surface area is 203 Å². The molecule has 0 bridgehead atoms. The van der Waals surface area contributed by atoms with E-state index in [0.29, 0.717) is 0 Å². The standard InChI is InChI=1S/2C12H9O.2ClH.Zr/c2*1-3-7-11(8-4-1)13-12-9-5-2-6-10-12;;;/h2*1-5,7-10H;2*1H;/q2*-1;;;+4/p-2. The van der Waals surface area contributed by atoms with Crippen LogP contribution in [-0.4, -0.2) is 0 Å². The maximum absolute atomic E-state index is 5.55. The van der Waals surface area contributed by atoms with Crippen molar-refractivity contribution in [3.05, 3.63) is 121 Å². The Kier molecular flexibility index (Phi) is 14.7. The van der Waals surface area contributed by atoms with E-state index in [1.807, 2.05) is 109 Å². The van der Waals surface area contributed by atoms with Crippen molar-refractivity contribution in [1.29, 1.82) is 0 Å². The fourth-order valence-corrected chi connectivity index (χ4v) is 2.13. The van der Waals surface area contributed by atoms with Crippen LogP contribution in [0, 0.1) is 12.1 Å². The Morgan fingerprint density at radius 3 is 1.10 bits per heavy atom. The van der Waals surface area contributed by atoms with Gasteiger partial charge in [-0.25, -0.2) is 0 Å². The van der Waals surface area contributed by atoms with E-state index in [1.165, 1.54) is 0 Å². The third-order valence-electron chi connectivity index (χ3n) is 3.31. The van der Waals surface area contributed by atoms with Crippen LogP contribution in [0.1, 0.15) is 0 Å². The van der Waals surface area contributed by atoms with E-state index in [9.17, 15) is 0 Å². The van der Waals surface area contributed by atoms with Gasteiger partial charge in [0.1, 0.15) is 11.5 Å². The van der Waals surface area contributed by atoms with Crippen LogP contribution in [0.5, 0.6) is 23.0 Å². The minimum Gasteiger partial charge on any atom is -1.00 e. The summed E-state index contributed by atoms with van der Waals surface area (Å²) >= 11 is 0. The Morgan fingerprint density at radius 1 is 0.448 bits per heavy atom. The van der Waals surface area contributed by atoms with E-state index in [4.69, 9.17) is 9.47 Å². The Balaban J connectivity index is 0.000000490. The molecule has 0 aromatic heterocycles. The van der Waals surface area contributed by atoms with Crippen molar-refractivity contribution in [3.8, 4) is 23.0 Å². The van der Waals surface area contributed by atoms with Gasteiger partial charge in [0.05, 0.1) is 0 Å². The van der Waals surface area contributed by atoms with Gasteiger partial charge in [-0.15, -0.1) is 24.3 Å². The van der Waals surface area contributed by atoms with E-state index >= 15 is 0 Å². The first kappa shape index (κ1) is 26.9. The van der Waals surface area contributed by atoms with Crippen molar-refractivity contribution in [2.24, 2.45) is 0 Å². The molecular weight excluding hydrogens is 482 g/mol. The normalized spacial score (nSPS) is 8.55. The predicted molar refractivity (Wildman–Crippen MR) is 104 cm³/mol. The number of rotatable bonds is 4. The third-order valence-corrected chi connectivity index (χ3v) is 3.31. The number of para-hydroxylation sites is 2. The monoisotopic (exact) mass is 498 g/mol. The van der Waals surface area contributed by atoms with Crippen LogP contribution >= 0.6 is 0 Å².